The molecule has 1 aliphatic heterocycles. The Labute approximate surface area is 139 Å². The van der Waals surface area contributed by atoms with E-state index < -0.39 is 11.9 Å². The number of ether oxygens (including phenoxy) is 1. The van der Waals surface area contributed by atoms with Crippen LogP contribution >= 0.6 is 0 Å². The van der Waals surface area contributed by atoms with E-state index in [1.165, 1.54) is 18.2 Å². The van der Waals surface area contributed by atoms with Crippen LogP contribution in [0.2, 0.25) is 0 Å². The van der Waals surface area contributed by atoms with Crippen LogP contribution in [0.25, 0.3) is 0 Å². The lowest BCUT2D eigenvalue weighted by Gasteiger charge is -2.32. The second kappa shape index (κ2) is 6.70. The van der Waals surface area contributed by atoms with E-state index in [-0.39, 0.29) is 24.8 Å². The Morgan fingerprint density at radius 1 is 1.25 bits per heavy atom. The Hall–Kier alpha value is -2.89. The predicted molar refractivity (Wildman–Crippen MR) is 88.5 cm³/mol. The zero-order valence-corrected chi connectivity index (χ0v) is 13.2. The number of para-hydroxylation sites is 2. The van der Waals surface area contributed by atoms with Crippen LogP contribution in [0.5, 0.6) is 5.75 Å². The highest BCUT2D eigenvalue weighted by Crippen LogP contribution is 2.33. The molecule has 0 saturated carbocycles. The maximum absolute atomic E-state index is 13.1. The van der Waals surface area contributed by atoms with Gasteiger partial charge in [-0.2, -0.15) is 0 Å². The van der Waals surface area contributed by atoms with Gasteiger partial charge in [0.25, 0.3) is 5.91 Å². The standard InChI is InChI=1S/C18H17FN2O3/c1-12-18(23)21(15-7-2-3-8-16(15)24-12)10-9-17(22)20-14-6-4-5-13(19)11-14/h2-8,11-12H,9-10H2,1H3,(H,20,22). The number of hydrogen-bond acceptors (Lipinski definition) is 3. The van der Waals surface area contributed by atoms with E-state index in [1.54, 1.807) is 30.0 Å². The number of benzene rings is 2. The van der Waals surface area contributed by atoms with Crippen molar-refractivity contribution in [2.75, 3.05) is 16.8 Å². The van der Waals surface area contributed by atoms with E-state index in [1.807, 2.05) is 12.1 Å². The monoisotopic (exact) mass is 328 g/mol. The molecule has 0 saturated heterocycles. The molecule has 1 aliphatic rings. The first-order valence-corrected chi connectivity index (χ1v) is 7.67. The summed E-state index contributed by atoms with van der Waals surface area (Å²) in [6.07, 6.45) is -0.491. The highest BCUT2D eigenvalue weighted by molar-refractivity contribution is 6.00. The second-order valence-electron chi connectivity index (χ2n) is 5.53. The van der Waals surface area contributed by atoms with Crippen LogP contribution in [0.4, 0.5) is 15.8 Å². The molecule has 0 fully saturated rings. The van der Waals surface area contributed by atoms with Gasteiger partial charge in [-0.1, -0.05) is 18.2 Å². The van der Waals surface area contributed by atoms with Gasteiger partial charge in [-0.15, -0.1) is 0 Å². The largest absolute Gasteiger partial charge is 0.479 e. The van der Waals surface area contributed by atoms with Crippen LogP contribution < -0.4 is 15.0 Å². The number of fused-ring (bicyclic) bond motifs is 1. The van der Waals surface area contributed by atoms with Crippen molar-refractivity contribution in [2.24, 2.45) is 0 Å². The first-order chi connectivity index (χ1) is 11.5. The summed E-state index contributed by atoms with van der Waals surface area (Å²) in [5.41, 5.74) is 1.04. The normalized spacial score (nSPS) is 16.3. The topological polar surface area (TPSA) is 58.6 Å². The van der Waals surface area contributed by atoms with E-state index >= 15 is 0 Å². The molecule has 2 aromatic rings. The Balaban J connectivity index is 1.67. The molecule has 1 unspecified atom stereocenters. The van der Waals surface area contributed by atoms with Crippen molar-refractivity contribution in [3.63, 3.8) is 0 Å². The summed E-state index contributed by atoms with van der Waals surface area (Å²) in [6.45, 7) is 1.91. The zero-order valence-electron chi connectivity index (χ0n) is 13.2. The second-order valence-corrected chi connectivity index (χ2v) is 5.53. The average Bonchev–Trinajstić information content (AvgIpc) is 2.55. The highest BCUT2D eigenvalue weighted by atomic mass is 19.1. The van der Waals surface area contributed by atoms with Crippen LogP contribution in [0, 0.1) is 5.82 Å². The third kappa shape index (κ3) is 3.37. The average molecular weight is 328 g/mol. The fourth-order valence-electron chi connectivity index (χ4n) is 2.59. The number of rotatable bonds is 4. The van der Waals surface area contributed by atoms with Gasteiger partial charge in [-0.3, -0.25) is 9.59 Å². The molecule has 3 rings (SSSR count). The SMILES string of the molecule is CC1Oc2ccccc2N(CCC(=O)Nc2cccc(F)c2)C1=O. The van der Waals surface area contributed by atoms with Crippen LogP contribution in [-0.2, 0) is 9.59 Å². The van der Waals surface area contributed by atoms with E-state index in [4.69, 9.17) is 4.74 Å². The Morgan fingerprint density at radius 2 is 2.04 bits per heavy atom. The molecule has 1 N–H and O–H groups in total. The molecule has 0 radical (unpaired) electrons. The molecule has 0 aromatic heterocycles. The third-order valence-corrected chi connectivity index (χ3v) is 3.74. The minimum absolute atomic E-state index is 0.101. The predicted octanol–water partition coefficient (Wildman–Crippen LogP) is 2.97. The molecule has 0 spiro atoms. The highest BCUT2D eigenvalue weighted by Gasteiger charge is 2.31. The number of carbonyl (C=O) groups excluding carboxylic acids is 2. The molecule has 6 heteroatoms. The van der Waals surface area contributed by atoms with E-state index in [0.29, 0.717) is 17.1 Å². The number of nitrogens with one attached hydrogen (secondary N) is 1. The van der Waals surface area contributed by atoms with Gasteiger partial charge in [0.2, 0.25) is 5.91 Å². The summed E-state index contributed by atoms with van der Waals surface area (Å²) in [7, 11) is 0. The van der Waals surface area contributed by atoms with Gasteiger partial charge in [0, 0.05) is 18.7 Å². The third-order valence-electron chi connectivity index (χ3n) is 3.74. The van der Waals surface area contributed by atoms with Crippen LogP contribution in [0.15, 0.2) is 48.5 Å². The van der Waals surface area contributed by atoms with Crippen molar-refractivity contribution in [2.45, 2.75) is 19.4 Å². The van der Waals surface area contributed by atoms with Gasteiger partial charge in [-0.25, -0.2) is 4.39 Å². The molecule has 1 atom stereocenters. The van der Waals surface area contributed by atoms with E-state index in [0.717, 1.165) is 0 Å². The molecule has 2 amide bonds. The van der Waals surface area contributed by atoms with Crippen molar-refractivity contribution in [3.8, 4) is 5.75 Å². The maximum atomic E-state index is 13.1. The molecule has 24 heavy (non-hydrogen) atoms. The molecular weight excluding hydrogens is 311 g/mol. The minimum Gasteiger partial charge on any atom is -0.479 e. The van der Waals surface area contributed by atoms with Crippen LogP contribution in [0.1, 0.15) is 13.3 Å². The van der Waals surface area contributed by atoms with Crippen molar-refractivity contribution in [1.29, 1.82) is 0 Å². The molecule has 124 valence electrons. The zero-order chi connectivity index (χ0) is 17.1. The van der Waals surface area contributed by atoms with Gasteiger partial charge < -0.3 is 15.0 Å². The summed E-state index contributed by atoms with van der Waals surface area (Å²) in [4.78, 5) is 25.9. The number of carbonyl (C=O) groups is 2. The van der Waals surface area contributed by atoms with Crippen LogP contribution in [0.3, 0.4) is 0 Å². The lowest BCUT2D eigenvalue weighted by molar-refractivity contribution is -0.125. The Morgan fingerprint density at radius 3 is 2.83 bits per heavy atom. The number of amides is 2. The van der Waals surface area contributed by atoms with Gasteiger partial charge in [0.1, 0.15) is 11.6 Å². The Kier molecular flexibility index (Phi) is 4.46. The number of nitrogens with zero attached hydrogens (tertiary/aromatic N) is 1. The van der Waals surface area contributed by atoms with E-state index in [9.17, 15) is 14.0 Å². The molecule has 2 aromatic carbocycles. The summed E-state index contributed by atoms with van der Waals surface area (Å²) < 4.78 is 18.7. The summed E-state index contributed by atoms with van der Waals surface area (Å²) >= 11 is 0. The van der Waals surface area contributed by atoms with Gasteiger partial charge in [0.05, 0.1) is 5.69 Å². The smallest absolute Gasteiger partial charge is 0.267 e. The first kappa shape index (κ1) is 16.0. The minimum atomic E-state index is -0.591. The molecule has 0 aliphatic carbocycles. The van der Waals surface area contributed by atoms with E-state index in [2.05, 4.69) is 5.32 Å². The van der Waals surface area contributed by atoms with Crippen LogP contribution in [-0.4, -0.2) is 24.5 Å². The lowest BCUT2D eigenvalue weighted by atomic mass is 10.1. The molecule has 5 nitrogen and oxygen atoms in total. The fraction of sp³-hybridized carbons (Fsp3) is 0.222. The first-order valence-electron chi connectivity index (χ1n) is 7.67. The molecular formula is C18H17FN2O3. The molecule has 0 bridgehead atoms. The van der Waals surface area contributed by atoms with Crippen molar-refractivity contribution in [1.82, 2.24) is 0 Å². The fourth-order valence-corrected chi connectivity index (χ4v) is 2.59. The quantitative estimate of drug-likeness (QED) is 0.939. The van der Waals surface area contributed by atoms with Gasteiger partial charge in [-0.05, 0) is 37.3 Å². The van der Waals surface area contributed by atoms with Crippen molar-refractivity contribution < 1.29 is 18.7 Å². The Bertz CT molecular complexity index is 778. The maximum Gasteiger partial charge on any atom is 0.267 e. The summed E-state index contributed by atoms with van der Waals surface area (Å²) in [5.74, 6) is -0.272. The lowest BCUT2D eigenvalue weighted by Crippen LogP contribution is -2.45. The number of halogens is 1. The number of hydrogen-bond donors (Lipinski definition) is 1. The van der Waals surface area contributed by atoms with Gasteiger partial charge in [0.15, 0.2) is 6.10 Å². The summed E-state index contributed by atoms with van der Waals surface area (Å²) in [5, 5.41) is 2.62. The molecule has 1 heterocycles. The van der Waals surface area contributed by atoms with Crippen molar-refractivity contribution in [3.05, 3.63) is 54.3 Å². The van der Waals surface area contributed by atoms with Crippen molar-refractivity contribution >= 4 is 23.2 Å². The number of anilines is 2. The van der Waals surface area contributed by atoms with Gasteiger partial charge >= 0.3 is 0 Å². The summed E-state index contributed by atoms with van der Waals surface area (Å²) in [6, 6.07) is 12.9.